The van der Waals surface area contributed by atoms with Gasteiger partial charge in [-0.05, 0) is 76.8 Å². The number of fused-ring (bicyclic) bond motifs is 1. The Morgan fingerprint density at radius 2 is 1.89 bits per heavy atom. The topological polar surface area (TPSA) is 102 Å². The van der Waals surface area contributed by atoms with E-state index >= 15 is 0 Å². The van der Waals surface area contributed by atoms with Gasteiger partial charge in [0.25, 0.3) is 5.92 Å². The molecule has 9 nitrogen and oxygen atoms in total. The molecule has 0 spiro atoms. The Morgan fingerprint density at radius 1 is 1.07 bits per heavy atom. The van der Waals surface area contributed by atoms with Crippen LogP contribution in [-0.4, -0.2) is 63.1 Å². The van der Waals surface area contributed by atoms with Gasteiger partial charge in [0, 0.05) is 66.9 Å². The van der Waals surface area contributed by atoms with Crippen molar-refractivity contribution in [3.05, 3.63) is 66.5 Å². The molecule has 1 saturated heterocycles. The highest BCUT2D eigenvalue weighted by atomic mass is 19.3. The van der Waals surface area contributed by atoms with Gasteiger partial charge in [-0.25, -0.2) is 28.5 Å². The van der Waals surface area contributed by atoms with Crippen LogP contribution in [-0.2, 0) is 4.74 Å². The number of benzene rings is 2. The van der Waals surface area contributed by atoms with Crippen molar-refractivity contribution in [1.29, 1.82) is 0 Å². The van der Waals surface area contributed by atoms with E-state index in [0.717, 1.165) is 34.9 Å². The van der Waals surface area contributed by atoms with Gasteiger partial charge in [-0.1, -0.05) is 24.3 Å². The molecule has 0 unspecified atom stereocenters. The first-order valence-corrected chi connectivity index (χ1v) is 15.8. The highest BCUT2D eigenvalue weighted by Crippen LogP contribution is 2.50. The van der Waals surface area contributed by atoms with Crippen LogP contribution in [0.5, 0.6) is 11.6 Å². The van der Waals surface area contributed by atoms with Crippen molar-refractivity contribution in [1.82, 2.24) is 19.9 Å². The predicted octanol–water partition coefficient (Wildman–Crippen LogP) is 8.06. The Hall–Kier alpha value is -4.54. The highest BCUT2D eigenvalue weighted by molar-refractivity contribution is 5.98. The number of carbonyl (C=O) groups excluding carboxylic acids is 1. The number of alkyl halides is 2. The van der Waals surface area contributed by atoms with Crippen molar-refractivity contribution in [3.8, 4) is 22.9 Å². The van der Waals surface area contributed by atoms with Crippen LogP contribution in [0.15, 0.2) is 60.9 Å². The molecular formula is C35H40F2N6O3. The number of carbonyl (C=O) groups is 1. The van der Waals surface area contributed by atoms with E-state index in [0.29, 0.717) is 54.9 Å². The molecule has 0 bridgehead atoms. The maximum Gasteiger partial charge on any atom is 0.410 e. The lowest BCUT2D eigenvalue weighted by molar-refractivity contribution is 0.0206. The molecule has 46 heavy (non-hydrogen) atoms. The molecule has 2 fully saturated rings. The normalized spacial score (nSPS) is 19.0. The van der Waals surface area contributed by atoms with Gasteiger partial charge in [-0.15, -0.1) is 0 Å². The van der Waals surface area contributed by atoms with Crippen LogP contribution in [0.3, 0.4) is 0 Å². The summed E-state index contributed by atoms with van der Waals surface area (Å²) in [6.07, 6.45) is 5.16. The lowest BCUT2D eigenvalue weighted by Gasteiger charge is -2.34. The van der Waals surface area contributed by atoms with Gasteiger partial charge in [0.15, 0.2) is 0 Å². The van der Waals surface area contributed by atoms with Crippen LogP contribution in [0.4, 0.5) is 25.2 Å². The maximum absolute atomic E-state index is 13.4. The molecule has 4 aromatic rings. The van der Waals surface area contributed by atoms with E-state index in [1.165, 1.54) is 0 Å². The zero-order valence-corrected chi connectivity index (χ0v) is 26.6. The van der Waals surface area contributed by atoms with Crippen LogP contribution in [0.1, 0.15) is 52.0 Å². The zero-order valence-electron chi connectivity index (χ0n) is 26.6. The fourth-order valence-electron chi connectivity index (χ4n) is 5.80. The van der Waals surface area contributed by atoms with Crippen molar-refractivity contribution in [2.75, 3.05) is 30.3 Å². The van der Waals surface area contributed by atoms with Crippen molar-refractivity contribution >= 4 is 28.5 Å². The summed E-state index contributed by atoms with van der Waals surface area (Å²) in [6.45, 7) is 9.17. The smallest absolute Gasteiger partial charge is 0.410 e. The van der Waals surface area contributed by atoms with Gasteiger partial charge in [0.1, 0.15) is 11.4 Å². The Morgan fingerprint density at radius 3 is 2.67 bits per heavy atom. The second kappa shape index (κ2) is 12.7. The third kappa shape index (κ3) is 7.29. The molecule has 0 radical (unpaired) electrons. The number of rotatable bonds is 9. The quantitative estimate of drug-likeness (QED) is 0.192. The van der Waals surface area contributed by atoms with Crippen LogP contribution < -0.4 is 15.4 Å². The number of pyridine rings is 1. The summed E-state index contributed by atoms with van der Waals surface area (Å²) in [7, 11) is 0. The summed E-state index contributed by atoms with van der Waals surface area (Å²) in [6, 6.07) is 15.4. The summed E-state index contributed by atoms with van der Waals surface area (Å²) >= 11 is 0. The summed E-state index contributed by atoms with van der Waals surface area (Å²) < 4.78 is 38.8. The molecule has 1 aliphatic heterocycles. The fourth-order valence-corrected chi connectivity index (χ4v) is 5.80. The molecule has 2 aromatic carbocycles. The molecule has 2 N–H and O–H groups in total. The first-order chi connectivity index (χ1) is 22.0. The van der Waals surface area contributed by atoms with Gasteiger partial charge in [0.2, 0.25) is 11.8 Å². The number of likely N-dealkylation sites (tertiary alicyclic amines) is 1. The number of amides is 1. The second-order valence-corrected chi connectivity index (χ2v) is 13.1. The number of anilines is 2. The Bertz CT molecular complexity index is 1730. The number of ether oxygens (including phenoxy) is 2. The van der Waals surface area contributed by atoms with Crippen LogP contribution in [0.25, 0.3) is 22.0 Å². The number of hydrogen-bond acceptors (Lipinski definition) is 8. The molecule has 1 saturated carbocycles. The van der Waals surface area contributed by atoms with Crippen LogP contribution >= 0.6 is 0 Å². The van der Waals surface area contributed by atoms with Crippen LogP contribution in [0.2, 0.25) is 0 Å². The minimum Gasteiger partial charge on any atom is -0.444 e. The number of aromatic nitrogens is 3. The Labute approximate surface area is 267 Å². The van der Waals surface area contributed by atoms with E-state index in [4.69, 9.17) is 14.5 Å². The summed E-state index contributed by atoms with van der Waals surface area (Å²) in [4.78, 5) is 28.2. The summed E-state index contributed by atoms with van der Waals surface area (Å²) in [5.41, 5.74) is 2.57. The third-order valence-electron chi connectivity index (χ3n) is 8.28. The minimum atomic E-state index is -2.52. The monoisotopic (exact) mass is 630 g/mol. The van der Waals surface area contributed by atoms with Gasteiger partial charge >= 0.3 is 6.09 Å². The number of halogens is 2. The highest BCUT2D eigenvalue weighted by Gasteiger charge is 2.55. The number of hydrogen-bond donors (Lipinski definition) is 2. The third-order valence-corrected chi connectivity index (χ3v) is 8.28. The molecule has 6 rings (SSSR count). The molecule has 3 heterocycles. The zero-order chi connectivity index (χ0) is 32.5. The SMILES string of the molecule is Cc1ccc2c(NCC[C@H]3CC3(F)F)cccc2c1Oc1ncccc1-c1ccnc(N[C@H]2CCCN(C(=O)OC(C)(C)C)C2)n1. The van der Waals surface area contributed by atoms with Crippen molar-refractivity contribution in [3.63, 3.8) is 0 Å². The fraction of sp³-hybridized carbons (Fsp3) is 0.429. The number of piperidine rings is 1. The van der Waals surface area contributed by atoms with Gasteiger partial charge < -0.3 is 25.0 Å². The Kier molecular flexibility index (Phi) is 8.67. The van der Waals surface area contributed by atoms with Gasteiger partial charge in [0.05, 0.1) is 11.3 Å². The Balaban J connectivity index is 1.20. The van der Waals surface area contributed by atoms with Crippen molar-refractivity contribution < 1.29 is 23.0 Å². The average molecular weight is 631 g/mol. The summed E-state index contributed by atoms with van der Waals surface area (Å²) in [5, 5.41) is 8.56. The first kappa shape index (κ1) is 31.4. The second-order valence-electron chi connectivity index (χ2n) is 13.1. The van der Waals surface area contributed by atoms with Crippen molar-refractivity contribution in [2.24, 2.45) is 5.92 Å². The van der Waals surface area contributed by atoms with E-state index in [2.05, 4.69) is 20.6 Å². The predicted molar refractivity (Wildman–Crippen MR) is 175 cm³/mol. The molecule has 1 aliphatic carbocycles. The number of nitrogens with one attached hydrogen (secondary N) is 2. The molecule has 1 amide bonds. The lowest BCUT2D eigenvalue weighted by Crippen LogP contribution is -2.47. The molecule has 2 aliphatic rings. The van der Waals surface area contributed by atoms with E-state index < -0.39 is 17.4 Å². The van der Waals surface area contributed by atoms with E-state index in [-0.39, 0.29) is 18.6 Å². The molecular weight excluding hydrogens is 590 g/mol. The molecule has 2 aromatic heterocycles. The molecule has 2 atom stereocenters. The minimum absolute atomic E-state index is 0.0228. The van der Waals surface area contributed by atoms with Gasteiger partial charge in [-0.3, -0.25) is 0 Å². The van der Waals surface area contributed by atoms with E-state index in [9.17, 15) is 13.6 Å². The average Bonchev–Trinajstić information content (AvgIpc) is 3.63. The first-order valence-electron chi connectivity index (χ1n) is 15.8. The summed E-state index contributed by atoms with van der Waals surface area (Å²) in [5.74, 6) is -1.55. The lowest BCUT2D eigenvalue weighted by atomic mass is 10.0. The number of nitrogens with zero attached hydrogens (tertiary/aromatic N) is 4. The molecule has 11 heteroatoms. The van der Waals surface area contributed by atoms with Gasteiger partial charge in [-0.2, -0.15) is 0 Å². The maximum atomic E-state index is 13.4. The van der Waals surface area contributed by atoms with Crippen LogP contribution in [0, 0.1) is 12.8 Å². The van der Waals surface area contributed by atoms with Crippen molar-refractivity contribution in [2.45, 2.75) is 70.9 Å². The molecule has 242 valence electrons. The van der Waals surface area contributed by atoms with E-state index in [1.807, 2.05) is 76.2 Å². The van der Waals surface area contributed by atoms with E-state index in [1.54, 1.807) is 17.3 Å². The number of aryl methyl sites for hydroxylation is 1. The largest absolute Gasteiger partial charge is 0.444 e. The standard InChI is InChI=1S/C35H40F2N6O3/c1-22-12-13-25-26(9-5-11-28(25)38-17-14-23-20-35(23,36)37)30(22)45-31-27(10-6-16-39-31)29-15-18-40-32(42-29)41-24-8-7-19-43(21-24)33(44)46-34(2,3)4/h5-6,9-13,15-16,18,23-24,38H,7-8,14,17,19-21H2,1-4H3,(H,40,41,42)/t23-,24-/m0/s1.